The smallest absolute Gasteiger partial charge is 0.331 e. The van der Waals surface area contributed by atoms with Crippen LogP contribution in [0.3, 0.4) is 0 Å². The number of esters is 1. The molecule has 0 atom stereocenters. The van der Waals surface area contributed by atoms with E-state index < -0.39 is 18.3 Å². The van der Waals surface area contributed by atoms with Gasteiger partial charge in [0, 0.05) is 6.08 Å². The number of ether oxygens (including phenoxy) is 3. The molecule has 1 aromatic heterocycles. The second-order valence-electron chi connectivity index (χ2n) is 6.09. The van der Waals surface area contributed by atoms with Crippen molar-refractivity contribution in [3.05, 3.63) is 65.7 Å². The Bertz CT molecular complexity index is 1140. The van der Waals surface area contributed by atoms with E-state index in [4.69, 9.17) is 14.2 Å². The fraction of sp³-hybridized carbons (Fsp3) is 0.136. The number of aromatic nitrogens is 2. The molecular weight excluding hydrogens is 386 g/mol. The second-order valence-corrected chi connectivity index (χ2v) is 6.09. The molecule has 0 bridgehead atoms. The number of allylic oxidation sites excluding steroid dienone is 1. The van der Waals surface area contributed by atoms with Crippen molar-refractivity contribution in [1.29, 1.82) is 5.26 Å². The summed E-state index contributed by atoms with van der Waals surface area (Å²) in [6.07, 6.45) is 2.75. The lowest BCUT2D eigenvalue weighted by Crippen LogP contribution is -2.06. The van der Waals surface area contributed by atoms with Crippen molar-refractivity contribution in [2.75, 3.05) is 20.8 Å². The third-order valence-corrected chi connectivity index (χ3v) is 4.20. The average Bonchev–Trinajstić information content (AvgIpc) is 3.20. The van der Waals surface area contributed by atoms with Gasteiger partial charge >= 0.3 is 5.97 Å². The number of aromatic amines is 1. The summed E-state index contributed by atoms with van der Waals surface area (Å²) in [6.45, 7) is -0.463. The number of H-pyrrole nitrogens is 1. The summed E-state index contributed by atoms with van der Waals surface area (Å²) < 4.78 is 15.4. The highest BCUT2D eigenvalue weighted by Gasteiger charge is 2.14. The number of nitrogens with zero attached hydrogens (tertiary/aromatic N) is 2. The predicted molar refractivity (Wildman–Crippen MR) is 111 cm³/mol. The summed E-state index contributed by atoms with van der Waals surface area (Å²) in [5.74, 6) is 0.218. The fourth-order valence-electron chi connectivity index (χ4n) is 2.71. The maximum Gasteiger partial charge on any atom is 0.331 e. The highest BCUT2D eigenvalue weighted by Crippen LogP contribution is 2.28. The van der Waals surface area contributed by atoms with Crippen LogP contribution in [-0.4, -0.2) is 41.9 Å². The number of fused-ring (bicyclic) bond motifs is 1. The number of hydrogen-bond acceptors (Lipinski definition) is 7. The SMILES string of the molecule is COc1ccc(/C=C/C(=O)OC/C(O)=C(\C#N)c2nc3ccccc3[nH]2)cc1OC. The van der Waals surface area contributed by atoms with E-state index in [1.165, 1.54) is 26.4 Å². The predicted octanol–water partition coefficient (Wildman–Crippen LogP) is 3.63. The Morgan fingerprint density at radius 1 is 1.20 bits per heavy atom. The first kappa shape index (κ1) is 20.5. The van der Waals surface area contributed by atoms with Gasteiger partial charge in [-0.25, -0.2) is 9.78 Å². The van der Waals surface area contributed by atoms with Crippen LogP contribution in [0.2, 0.25) is 0 Å². The summed E-state index contributed by atoms with van der Waals surface area (Å²) in [7, 11) is 3.05. The zero-order valence-electron chi connectivity index (χ0n) is 16.4. The monoisotopic (exact) mass is 405 g/mol. The van der Waals surface area contributed by atoms with Crippen molar-refractivity contribution in [3.8, 4) is 17.6 Å². The van der Waals surface area contributed by atoms with Gasteiger partial charge in [-0.15, -0.1) is 0 Å². The number of nitrogens with one attached hydrogen (secondary N) is 1. The molecule has 152 valence electrons. The zero-order chi connectivity index (χ0) is 21.5. The number of aliphatic hydroxyl groups excluding tert-OH is 1. The quantitative estimate of drug-likeness (QED) is 0.267. The first-order valence-corrected chi connectivity index (χ1v) is 8.90. The van der Waals surface area contributed by atoms with E-state index in [2.05, 4.69) is 9.97 Å². The lowest BCUT2D eigenvalue weighted by molar-refractivity contribution is -0.137. The molecular formula is C22H19N3O5. The van der Waals surface area contributed by atoms with Gasteiger partial charge in [-0.1, -0.05) is 18.2 Å². The molecule has 1 heterocycles. The maximum absolute atomic E-state index is 12.0. The lowest BCUT2D eigenvalue weighted by Gasteiger charge is -2.07. The van der Waals surface area contributed by atoms with Crippen LogP contribution in [0.25, 0.3) is 22.7 Å². The Labute approximate surface area is 172 Å². The van der Waals surface area contributed by atoms with Crippen LogP contribution in [0, 0.1) is 11.3 Å². The van der Waals surface area contributed by atoms with Gasteiger partial charge in [-0.05, 0) is 35.9 Å². The molecule has 0 fully saturated rings. The van der Waals surface area contributed by atoms with E-state index in [0.717, 1.165) is 5.52 Å². The highest BCUT2D eigenvalue weighted by molar-refractivity contribution is 5.87. The second kappa shape index (κ2) is 9.30. The number of carbonyl (C=O) groups is 1. The van der Waals surface area contributed by atoms with Crippen LogP contribution >= 0.6 is 0 Å². The minimum absolute atomic E-state index is 0.0946. The van der Waals surface area contributed by atoms with Crippen LogP contribution < -0.4 is 9.47 Å². The van der Waals surface area contributed by atoms with Gasteiger partial charge in [0.15, 0.2) is 23.1 Å². The summed E-state index contributed by atoms with van der Waals surface area (Å²) >= 11 is 0. The van der Waals surface area contributed by atoms with E-state index in [0.29, 0.717) is 22.6 Å². The molecule has 30 heavy (non-hydrogen) atoms. The zero-order valence-corrected chi connectivity index (χ0v) is 16.4. The Morgan fingerprint density at radius 2 is 1.97 bits per heavy atom. The lowest BCUT2D eigenvalue weighted by atomic mass is 10.2. The molecule has 0 saturated heterocycles. The van der Waals surface area contributed by atoms with Crippen molar-refractivity contribution >= 4 is 28.7 Å². The van der Waals surface area contributed by atoms with E-state index >= 15 is 0 Å². The van der Waals surface area contributed by atoms with E-state index in [9.17, 15) is 15.2 Å². The molecule has 2 aromatic carbocycles. The number of hydrogen-bond donors (Lipinski definition) is 2. The number of rotatable bonds is 7. The standard InChI is InChI=1S/C22H19N3O5/c1-28-19-9-7-14(11-20(19)29-2)8-10-21(27)30-13-18(26)15(12-23)22-24-16-5-3-4-6-17(16)25-22/h3-11,26H,13H2,1-2H3,(H,24,25)/b10-8+,18-15-. The summed E-state index contributed by atoms with van der Waals surface area (Å²) in [4.78, 5) is 19.2. The normalized spacial score (nSPS) is 11.8. The van der Waals surface area contributed by atoms with Gasteiger partial charge in [0.05, 0.1) is 25.3 Å². The summed E-state index contributed by atoms with van der Waals surface area (Å²) in [5, 5.41) is 19.6. The van der Waals surface area contributed by atoms with E-state index in [-0.39, 0.29) is 11.4 Å². The Balaban J connectivity index is 1.68. The van der Waals surface area contributed by atoms with Crippen molar-refractivity contribution < 1.29 is 24.1 Å². The van der Waals surface area contributed by atoms with Gasteiger partial charge < -0.3 is 24.3 Å². The number of benzene rings is 2. The van der Waals surface area contributed by atoms with Gasteiger partial charge in [0.1, 0.15) is 18.2 Å². The molecule has 0 aliphatic rings. The number of imidazole rings is 1. The first-order valence-electron chi connectivity index (χ1n) is 8.90. The fourth-order valence-corrected chi connectivity index (χ4v) is 2.71. The third kappa shape index (κ3) is 4.59. The molecule has 0 aliphatic heterocycles. The molecule has 0 saturated carbocycles. The Morgan fingerprint density at radius 3 is 2.67 bits per heavy atom. The number of aliphatic hydroxyl groups is 1. The van der Waals surface area contributed by atoms with Crippen molar-refractivity contribution in [1.82, 2.24) is 9.97 Å². The Kier molecular flexibility index (Phi) is 6.35. The van der Waals surface area contributed by atoms with Gasteiger partial charge in [0.2, 0.25) is 0 Å². The van der Waals surface area contributed by atoms with Crippen molar-refractivity contribution in [2.24, 2.45) is 0 Å². The maximum atomic E-state index is 12.0. The minimum atomic E-state index is -0.682. The van der Waals surface area contributed by atoms with Crippen LogP contribution in [0.15, 0.2) is 54.3 Å². The molecule has 0 radical (unpaired) electrons. The molecule has 2 N–H and O–H groups in total. The highest BCUT2D eigenvalue weighted by atomic mass is 16.5. The van der Waals surface area contributed by atoms with Crippen molar-refractivity contribution in [3.63, 3.8) is 0 Å². The Hall–Kier alpha value is -4.25. The minimum Gasteiger partial charge on any atom is -0.507 e. The molecule has 3 rings (SSSR count). The van der Waals surface area contributed by atoms with E-state index in [1.54, 1.807) is 30.3 Å². The van der Waals surface area contributed by atoms with Crippen LogP contribution in [-0.2, 0) is 9.53 Å². The topological polar surface area (TPSA) is 117 Å². The van der Waals surface area contributed by atoms with Gasteiger partial charge in [-0.2, -0.15) is 5.26 Å². The molecule has 0 amide bonds. The molecule has 3 aromatic rings. The van der Waals surface area contributed by atoms with Crippen LogP contribution in [0.4, 0.5) is 0 Å². The number of methoxy groups -OCH3 is 2. The van der Waals surface area contributed by atoms with Crippen molar-refractivity contribution in [2.45, 2.75) is 0 Å². The van der Waals surface area contributed by atoms with Gasteiger partial charge in [-0.3, -0.25) is 0 Å². The van der Waals surface area contributed by atoms with Crippen LogP contribution in [0.1, 0.15) is 11.4 Å². The number of nitriles is 1. The molecule has 0 spiro atoms. The summed E-state index contributed by atoms with van der Waals surface area (Å²) in [5.41, 5.74) is 1.98. The summed E-state index contributed by atoms with van der Waals surface area (Å²) in [6, 6.07) is 14.3. The number of para-hydroxylation sites is 2. The largest absolute Gasteiger partial charge is 0.507 e. The number of carbonyl (C=O) groups excluding carboxylic acids is 1. The average molecular weight is 405 g/mol. The molecule has 8 nitrogen and oxygen atoms in total. The van der Waals surface area contributed by atoms with E-state index in [1.807, 2.05) is 18.2 Å². The molecule has 0 unspecified atom stereocenters. The molecule has 8 heteroatoms. The third-order valence-electron chi connectivity index (χ3n) is 4.20. The molecule has 0 aliphatic carbocycles. The van der Waals surface area contributed by atoms with Gasteiger partial charge in [0.25, 0.3) is 0 Å². The van der Waals surface area contributed by atoms with Crippen LogP contribution in [0.5, 0.6) is 11.5 Å². The first-order chi connectivity index (χ1) is 14.5.